The van der Waals surface area contributed by atoms with Gasteiger partial charge in [-0.2, -0.15) is 0 Å². The van der Waals surface area contributed by atoms with Crippen molar-refractivity contribution in [2.75, 3.05) is 0 Å². The van der Waals surface area contributed by atoms with Crippen molar-refractivity contribution in [3.05, 3.63) is 70.1 Å². The number of pyridine rings is 1. The van der Waals surface area contributed by atoms with Crippen molar-refractivity contribution in [2.45, 2.75) is 6.54 Å². The van der Waals surface area contributed by atoms with E-state index >= 15 is 0 Å². The van der Waals surface area contributed by atoms with Gasteiger partial charge in [-0.25, -0.2) is 4.98 Å². The Kier molecular flexibility index (Phi) is 3.82. The van der Waals surface area contributed by atoms with Gasteiger partial charge in [0.25, 0.3) is 5.91 Å². The second-order valence-electron chi connectivity index (χ2n) is 4.54. The molecule has 3 aromatic rings. The van der Waals surface area contributed by atoms with Crippen LogP contribution in [0.1, 0.15) is 16.1 Å². The molecular weight excluding hydrogens is 309 g/mol. The molecule has 0 bridgehead atoms. The molecule has 21 heavy (non-hydrogen) atoms. The third-order valence-corrected chi connectivity index (χ3v) is 3.44. The molecule has 1 amide bonds. The fourth-order valence-corrected chi connectivity index (χ4v) is 2.36. The Morgan fingerprint density at radius 2 is 2.00 bits per heavy atom. The average Bonchev–Trinajstić information content (AvgIpc) is 2.86. The summed E-state index contributed by atoms with van der Waals surface area (Å²) in [5.41, 5.74) is 2.06. The highest BCUT2D eigenvalue weighted by Crippen LogP contribution is 2.13. The number of halogens is 2. The van der Waals surface area contributed by atoms with E-state index in [1.807, 2.05) is 16.7 Å². The number of benzene rings is 1. The fourth-order valence-electron chi connectivity index (χ4n) is 2.00. The van der Waals surface area contributed by atoms with Gasteiger partial charge < -0.3 is 9.72 Å². The molecule has 4 nitrogen and oxygen atoms in total. The fraction of sp³-hybridized carbons (Fsp3) is 0.0667. The molecular formula is C15H11Cl2N3O. The molecule has 106 valence electrons. The van der Waals surface area contributed by atoms with E-state index in [2.05, 4.69) is 10.3 Å². The van der Waals surface area contributed by atoms with E-state index in [4.69, 9.17) is 23.2 Å². The van der Waals surface area contributed by atoms with E-state index in [0.717, 1.165) is 11.3 Å². The lowest BCUT2D eigenvalue weighted by Crippen LogP contribution is -2.22. The number of fused-ring (bicyclic) bond motifs is 1. The Labute approximate surface area is 131 Å². The summed E-state index contributed by atoms with van der Waals surface area (Å²) in [5.74, 6) is -0.187. The Morgan fingerprint density at radius 1 is 1.14 bits per heavy atom. The minimum atomic E-state index is -0.187. The molecule has 0 atom stereocenters. The van der Waals surface area contributed by atoms with Gasteiger partial charge in [-0.1, -0.05) is 29.3 Å². The molecule has 0 radical (unpaired) electrons. The normalized spacial score (nSPS) is 10.8. The monoisotopic (exact) mass is 319 g/mol. The van der Waals surface area contributed by atoms with E-state index in [9.17, 15) is 4.79 Å². The molecule has 6 heteroatoms. The zero-order valence-electron chi connectivity index (χ0n) is 10.9. The van der Waals surface area contributed by atoms with E-state index in [-0.39, 0.29) is 5.91 Å². The molecule has 0 unspecified atom stereocenters. The SMILES string of the molecule is O=C(NCc1cn2cc(Cl)ccc2n1)c1cccc(Cl)c1. The van der Waals surface area contributed by atoms with Crippen molar-refractivity contribution in [3.63, 3.8) is 0 Å². The van der Waals surface area contributed by atoms with Crippen LogP contribution in [0.4, 0.5) is 0 Å². The van der Waals surface area contributed by atoms with Gasteiger partial charge in [-0.3, -0.25) is 4.79 Å². The quantitative estimate of drug-likeness (QED) is 0.802. The summed E-state index contributed by atoms with van der Waals surface area (Å²) in [6, 6.07) is 10.4. The third-order valence-electron chi connectivity index (χ3n) is 2.98. The number of imidazole rings is 1. The molecule has 0 saturated carbocycles. The number of hydrogen-bond donors (Lipinski definition) is 1. The molecule has 0 aliphatic heterocycles. The number of rotatable bonds is 3. The zero-order valence-corrected chi connectivity index (χ0v) is 12.4. The third kappa shape index (κ3) is 3.17. The van der Waals surface area contributed by atoms with Crippen molar-refractivity contribution < 1.29 is 4.79 Å². The van der Waals surface area contributed by atoms with Crippen LogP contribution in [0.2, 0.25) is 10.0 Å². The molecule has 1 N–H and O–H groups in total. The van der Waals surface area contributed by atoms with E-state index in [1.54, 1.807) is 36.5 Å². The molecule has 0 fully saturated rings. The van der Waals surface area contributed by atoms with Gasteiger partial charge >= 0.3 is 0 Å². The van der Waals surface area contributed by atoms with Gasteiger partial charge in [0.2, 0.25) is 0 Å². The summed E-state index contributed by atoms with van der Waals surface area (Å²) in [6.45, 7) is 0.338. The first kappa shape index (κ1) is 13.9. The highest BCUT2D eigenvalue weighted by atomic mass is 35.5. The lowest BCUT2D eigenvalue weighted by Gasteiger charge is -2.03. The van der Waals surface area contributed by atoms with Crippen LogP contribution in [0.15, 0.2) is 48.8 Å². The minimum absolute atomic E-state index is 0.187. The van der Waals surface area contributed by atoms with Crippen molar-refractivity contribution in [1.29, 1.82) is 0 Å². The van der Waals surface area contributed by atoms with Crippen LogP contribution in [0.3, 0.4) is 0 Å². The topological polar surface area (TPSA) is 46.4 Å². The Morgan fingerprint density at radius 3 is 2.81 bits per heavy atom. The number of nitrogens with zero attached hydrogens (tertiary/aromatic N) is 2. The molecule has 0 aliphatic rings. The van der Waals surface area contributed by atoms with Gasteiger partial charge in [0.05, 0.1) is 17.3 Å². The maximum atomic E-state index is 12.0. The number of carbonyl (C=O) groups is 1. The van der Waals surface area contributed by atoms with Crippen LogP contribution in [-0.2, 0) is 6.54 Å². The van der Waals surface area contributed by atoms with Crippen LogP contribution < -0.4 is 5.32 Å². The van der Waals surface area contributed by atoms with Crippen LogP contribution >= 0.6 is 23.2 Å². The summed E-state index contributed by atoms with van der Waals surface area (Å²) in [5, 5.41) is 3.98. The molecule has 1 aromatic carbocycles. The first-order valence-electron chi connectivity index (χ1n) is 6.29. The molecule has 0 saturated heterocycles. The number of aromatic nitrogens is 2. The van der Waals surface area contributed by atoms with Gasteiger partial charge in [-0.15, -0.1) is 0 Å². The first-order chi connectivity index (χ1) is 10.1. The molecule has 2 aromatic heterocycles. The smallest absolute Gasteiger partial charge is 0.251 e. The second kappa shape index (κ2) is 5.76. The zero-order chi connectivity index (χ0) is 14.8. The molecule has 3 rings (SSSR count). The number of hydrogen-bond acceptors (Lipinski definition) is 2. The van der Waals surface area contributed by atoms with Gasteiger partial charge in [0, 0.05) is 23.0 Å². The van der Waals surface area contributed by atoms with Crippen LogP contribution in [0.25, 0.3) is 5.65 Å². The van der Waals surface area contributed by atoms with Crippen molar-refractivity contribution in [3.8, 4) is 0 Å². The van der Waals surface area contributed by atoms with Gasteiger partial charge in [0.15, 0.2) is 0 Å². The summed E-state index contributed by atoms with van der Waals surface area (Å²) in [4.78, 5) is 16.4. The minimum Gasteiger partial charge on any atom is -0.346 e. The van der Waals surface area contributed by atoms with Crippen LogP contribution in [-0.4, -0.2) is 15.3 Å². The highest BCUT2D eigenvalue weighted by molar-refractivity contribution is 6.31. The summed E-state index contributed by atoms with van der Waals surface area (Å²) in [6.07, 6.45) is 3.60. The Bertz CT molecular complexity index is 814. The number of amides is 1. The lowest BCUT2D eigenvalue weighted by atomic mass is 10.2. The van der Waals surface area contributed by atoms with Gasteiger partial charge in [0.1, 0.15) is 5.65 Å². The summed E-state index contributed by atoms with van der Waals surface area (Å²) >= 11 is 11.8. The predicted octanol–water partition coefficient (Wildman–Crippen LogP) is 3.57. The lowest BCUT2D eigenvalue weighted by molar-refractivity contribution is 0.0950. The molecule has 0 spiro atoms. The standard InChI is InChI=1S/C15H11Cl2N3O/c16-11-3-1-2-10(6-11)15(21)18-7-13-9-20-8-12(17)4-5-14(20)19-13/h1-6,8-9H,7H2,(H,18,21). The van der Waals surface area contributed by atoms with Crippen LogP contribution in [0.5, 0.6) is 0 Å². The average molecular weight is 320 g/mol. The summed E-state index contributed by atoms with van der Waals surface area (Å²) < 4.78 is 1.82. The Hall–Kier alpha value is -2.04. The van der Waals surface area contributed by atoms with E-state index < -0.39 is 0 Å². The predicted molar refractivity (Wildman–Crippen MR) is 82.8 cm³/mol. The highest BCUT2D eigenvalue weighted by Gasteiger charge is 2.07. The van der Waals surface area contributed by atoms with Crippen molar-refractivity contribution >= 4 is 34.8 Å². The second-order valence-corrected chi connectivity index (χ2v) is 5.41. The van der Waals surface area contributed by atoms with Crippen LogP contribution in [0, 0.1) is 0 Å². The van der Waals surface area contributed by atoms with Crippen molar-refractivity contribution in [1.82, 2.24) is 14.7 Å². The summed E-state index contributed by atoms with van der Waals surface area (Å²) in [7, 11) is 0. The largest absolute Gasteiger partial charge is 0.346 e. The van der Waals surface area contributed by atoms with Gasteiger partial charge in [-0.05, 0) is 30.3 Å². The van der Waals surface area contributed by atoms with E-state index in [1.165, 1.54) is 0 Å². The Balaban J connectivity index is 1.72. The number of carbonyl (C=O) groups excluding carboxylic acids is 1. The maximum Gasteiger partial charge on any atom is 0.251 e. The first-order valence-corrected chi connectivity index (χ1v) is 7.04. The maximum absolute atomic E-state index is 12.0. The number of nitrogens with one attached hydrogen (secondary N) is 1. The molecule has 0 aliphatic carbocycles. The molecule has 2 heterocycles. The van der Waals surface area contributed by atoms with E-state index in [0.29, 0.717) is 22.2 Å². The van der Waals surface area contributed by atoms with Crippen molar-refractivity contribution in [2.24, 2.45) is 0 Å².